The third-order valence-electron chi connectivity index (χ3n) is 3.07. The number of nitrogens with one attached hydrogen (secondary N) is 1. The number of hydrogen-bond acceptors (Lipinski definition) is 2. The number of aryl methyl sites for hydroxylation is 1. The zero-order valence-corrected chi connectivity index (χ0v) is 7.75. The van der Waals surface area contributed by atoms with E-state index in [0.29, 0.717) is 6.04 Å². The topological polar surface area (TPSA) is 25.2 Å². The van der Waals surface area contributed by atoms with E-state index < -0.39 is 0 Å². The molecule has 1 N–H and O–H groups in total. The Hall–Kier alpha value is -0.760. The maximum Gasteiger partial charge on any atom is 0.108 e. The summed E-state index contributed by atoms with van der Waals surface area (Å²) in [7, 11) is 0. The van der Waals surface area contributed by atoms with Crippen molar-refractivity contribution in [2.45, 2.75) is 44.2 Å². The molecule has 1 unspecified atom stereocenters. The Labute approximate surface area is 78.3 Å². The Kier molecular flexibility index (Phi) is 1.69. The van der Waals surface area contributed by atoms with Gasteiger partial charge in [0.1, 0.15) is 5.76 Å². The SMILES string of the molecule is c1cc2c(o1)CCCC2NC1CC1. The minimum Gasteiger partial charge on any atom is -0.469 e. The average molecular weight is 177 g/mol. The number of furan rings is 1. The van der Waals surface area contributed by atoms with Crippen molar-refractivity contribution in [2.75, 3.05) is 0 Å². The maximum absolute atomic E-state index is 5.45. The van der Waals surface area contributed by atoms with Crippen LogP contribution in [0.2, 0.25) is 0 Å². The van der Waals surface area contributed by atoms with Gasteiger partial charge in [-0.05, 0) is 31.7 Å². The molecule has 3 rings (SSSR count). The van der Waals surface area contributed by atoms with Crippen molar-refractivity contribution in [1.29, 1.82) is 0 Å². The van der Waals surface area contributed by atoms with Crippen LogP contribution in [0, 0.1) is 0 Å². The fourth-order valence-corrected chi connectivity index (χ4v) is 2.19. The predicted molar refractivity (Wildman–Crippen MR) is 50.5 cm³/mol. The van der Waals surface area contributed by atoms with Crippen molar-refractivity contribution in [1.82, 2.24) is 5.32 Å². The Morgan fingerprint density at radius 1 is 1.31 bits per heavy atom. The molecule has 1 saturated carbocycles. The molecule has 0 aromatic carbocycles. The van der Waals surface area contributed by atoms with Crippen molar-refractivity contribution in [3.63, 3.8) is 0 Å². The molecule has 1 heterocycles. The summed E-state index contributed by atoms with van der Waals surface area (Å²) < 4.78 is 5.45. The van der Waals surface area contributed by atoms with Crippen LogP contribution in [-0.4, -0.2) is 6.04 Å². The normalized spacial score (nSPS) is 27.2. The molecule has 0 spiro atoms. The molecular weight excluding hydrogens is 162 g/mol. The second kappa shape index (κ2) is 2.88. The molecule has 0 aliphatic heterocycles. The predicted octanol–water partition coefficient (Wildman–Crippen LogP) is 2.41. The average Bonchev–Trinajstić information content (AvgIpc) is 2.83. The Morgan fingerprint density at radius 3 is 3.08 bits per heavy atom. The lowest BCUT2D eigenvalue weighted by molar-refractivity contribution is 0.410. The molecule has 2 aliphatic carbocycles. The fourth-order valence-electron chi connectivity index (χ4n) is 2.19. The minimum atomic E-state index is 0.579. The lowest BCUT2D eigenvalue weighted by Crippen LogP contribution is -2.26. The van der Waals surface area contributed by atoms with E-state index in [-0.39, 0.29) is 0 Å². The van der Waals surface area contributed by atoms with Crippen molar-refractivity contribution in [3.05, 3.63) is 23.7 Å². The minimum absolute atomic E-state index is 0.579. The Balaban J connectivity index is 1.81. The molecule has 0 radical (unpaired) electrons. The molecule has 70 valence electrons. The van der Waals surface area contributed by atoms with Gasteiger partial charge in [0.25, 0.3) is 0 Å². The zero-order chi connectivity index (χ0) is 8.67. The van der Waals surface area contributed by atoms with Crippen LogP contribution in [0.3, 0.4) is 0 Å². The molecule has 1 atom stereocenters. The van der Waals surface area contributed by atoms with E-state index in [9.17, 15) is 0 Å². The van der Waals surface area contributed by atoms with Crippen LogP contribution in [0.15, 0.2) is 16.7 Å². The largest absolute Gasteiger partial charge is 0.469 e. The smallest absolute Gasteiger partial charge is 0.108 e. The summed E-state index contributed by atoms with van der Waals surface area (Å²) in [6.45, 7) is 0. The Bertz CT molecular complexity index is 301. The van der Waals surface area contributed by atoms with E-state index in [1.54, 1.807) is 0 Å². The van der Waals surface area contributed by atoms with Gasteiger partial charge < -0.3 is 9.73 Å². The van der Waals surface area contributed by atoms with Crippen LogP contribution in [-0.2, 0) is 6.42 Å². The van der Waals surface area contributed by atoms with Gasteiger partial charge in [-0.2, -0.15) is 0 Å². The molecule has 2 heteroatoms. The first kappa shape index (κ1) is 7.63. The second-order valence-electron chi connectivity index (χ2n) is 4.18. The highest BCUT2D eigenvalue weighted by Gasteiger charge is 2.29. The van der Waals surface area contributed by atoms with Gasteiger partial charge in [0.05, 0.1) is 6.26 Å². The Morgan fingerprint density at radius 2 is 2.23 bits per heavy atom. The van der Waals surface area contributed by atoms with Crippen LogP contribution in [0.5, 0.6) is 0 Å². The monoisotopic (exact) mass is 177 g/mol. The second-order valence-corrected chi connectivity index (χ2v) is 4.18. The van der Waals surface area contributed by atoms with E-state index in [2.05, 4.69) is 11.4 Å². The molecule has 2 nitrogen and oxygen atoms in total. The van der Waals surface area contributed by atoms with Crippen molar-refractivity contribution in [3.8, 4) is 0 Å². The zero-order valence-electron chi connectivity index (χ0n) is 7.75. The van der Waals surface area contributed by atoms with Gasteiger partial charge in [0.15, 0.2) is 0 Å². The van der Waals surface area contributed by atoms with E-state index in [4.69, 9.17) is 4.42 Å². The lowest BCUT2D eigenvalue weighted by Gasteiger charge is -2.22. The molecule has 13 heavy (non-hydrogen) atoms. The molecule has 1 aromatic rings. The summed E-state index contributed by atoms with van der Waals surface area (Å²) >= 11 is 0. The van der Waals surface area contributed by atoms with Gasteiger partial charge >= 0.3 is 0 Å². The third-order valence-corrected chi connectivity index (χ3v) is 3.07. The summed E-state index contributed by atoms with van der Waals surface area (Å²) in [4.78, 5) is 0. The molecule has 1 aromatic heterocycles. The lowest BCUT2D eigenvalue weighted by atomic mass is 9.93. The van der Waals surface area contributed by atoms with E-state index in [1.165, 1.54) is 37.0 Å². The molecule has 0 saturated heterocycles. The first-order valence-corrected chi connectivity index (χ1v) is 5.26. The fraction of sp³-hybridized carbons (Fsp3) is 0.636. The highest BCUT2D eigenvalue weighted by atomic mass is 16.3. The van der Waals surface area contributed by atoms with Gasteiger partial charge in [0.2, 0.25) is 0 Å². The highest BCUT2D eigenvalue weighted by molar-refractivity contribution is 5.24. The number of fused-ring (bicyclic) bond motifs is 1. The summed E-state index contributed by atoms with van der Waals surface area (Å²) in [6.07, 6.45) is 8.24. The maximum atomic E-state index is 5.45. The van der Waals surface area contributed by atoms with E-state index in [0.717, 1.165) is 12.5 Å². The van der Waals surface area contributed by atoms with E-state index >= 15 is 0 Å². The summed E-state index contributed by atoms with van der Waals surface area (Å²) in [5.74, 6) is 1.21. The van der Waals surface area contributed by atoms with E-state index in [1.807, 2.05) is 6.26 Å². The third kappa shape index (κ3) is 1.39. The standard InChI is InChI=1S/C11H15NO/c1-2-10(12-8-4-5-8)9-6-7-13-11(9)3-1/h6-8,10,12H,1-5H2. The summed E-state index contributed by atoms with van der Waals surface area (Å²) in [6, 6.07) is 3.51. The van der Waals surface area contributed by atoms with Gasteiger partial charge in [-0.25, -0.2) is 0 Å². The van der Waals surface area contributed by atoms with Gasteiger partial charge in [-0.3, -0.25) is 0 Å². The van der Waals surface area contributed by atoms with Crippen LogP contribution in [0.4, 0.5) is 0 Å². The highest BCUT2D eigenvalue weighted by Crippen LogP contribution is 2.33. The number of rotatable bonds is 2. The van der Waals surface area contributed by atoms with Crippen molar-refractivity contribution in [2.24, 2.45) is 0 Å². The molecule has 0 bridgehead atoms. The van der Waals surface area contributed by atoms with Gasteiger partial charge in [-0.15, -0.1) is 0 Å². The quantitative estimate of drug-likeness (QED) is 0.750. The first-order valence-electron chi connectivity index (χ1n) is 5.26. The van der Waals surface area contributed by atoms with Crippen LogP contribution < -0.4 is 5.32 Å². The van der Waals surface area contributed by atoms with Gasteiger partial charge in [0, 0.05) is 24.1 Å². The van der Waals surface area contributed by atoms with Crippen LogP contribution in [0.25, 0.3) is 0 Å². The van der Waals surface area contributed by atoms with Gasteiger partial charge in [-0.1, -0.05) is 0 Å². The van der Waals surface area contributed by atoms with Crippen molar-refractivity contribution < 1.29 is 4.42 Å². The van der Waals surface area contributed by atoms with Crippen molar-refractivity contribution >= 4 is 0 Å². The van der Waals surface area contributed by atoms with Crippen LogP contribution in [0.1, 0.15) is 43.0 Å². The molecule has 1 fully saturated rings. The van der Waals surface area contributed by atoms with Crippen LogP contribution >= 0.6 is 0 Å². The molecular formula is C11H15NO. The number of hydrogen-bond donors (Lipinski definition) is 1. The summed E-state index contributed by atoms with van der Waals surface area (Å²) in [5.41, 5.74) is 1.41. The first-order chi connectivity index (χ1) is 6.43. The summed E-state index contributed by atoms with van der Waals surface area (Å²) in [5, 5.41) is 3.68. The molecule has 0 amide bonds. The molecule has 2 aliphatic rings.